The number of carboxylic acid groups (broad SMARTS) is 1. The highest BCUT2D eigenvalue weighted by Gasteiger charge is 2.17. The molecular weight excluding hydrogens is 381 g/mol. The predicted octanol–water partition coefficient (Wildman–Crippen LogP) is 4.82. The van der Waals surface area contributed by atoms with Gasteiger partial charge in [-0.1, -0.05) is 25.0 Å². The van der Waals surface area contributed by atoms with Crippen LogP contribution in [0, 0.1) is 19.7 Å². The minimum absolute atomic E-state index is 0.154. The molecule has 0 saturated heterocycles. The van der Waals surface area contributed by atoms with Crippen LogP contribution in [0.5, 0.6) is 0 Å². The van der Waals surface area contributed by atoms with Crippen LogP contribution in [0.3, 0.4) is 0 Å². The molecule has 2 N–H and O–H groups in total. The second-order valence-electron chi connectivity index (χ2n) is 6.97. The van der Waals surface area contributed by atoms with Crippen molar-refractivity contribution < 1.29 is 22.7 Å². The van der Waals surface area contributed by atoms with Crippen molar-refractivity contribution in [3.8, 4) is 0 Å². The molecule has 0 aliphatic heterocycles. The number of benzene rings is 2. The molecule has 2 aromatic carbocycles. The largest absolute Gasteiger partial charge is 0.481 e. The number of aryl methyl sites for hydroxylation is 3. The smallest absolute Gasteiger partial charge is 0.303 e. The van der Waals surface area contributed by atoms with Gasteiger partial charge in [0.15, 0.2) is 0 Å². The summed E-state index contributed by atoms with van der Waals surface area (Å²) < 4.78 is 41.2. The number of halogens is 1. The average molecular weight is 408 g/mol. The first-order valence-electron chi connectivity index (χ1n) is 9.29. The number of anilines is 1. The zero-order valence-electron chi connectivity index (χ0n) is 16.2. The summed E-state index contributed by atoms with van der Waals surface area (Å²) in [7, 11) is -3.76. The van der Waals surface area contributed by atoms with E-state index in [0.717, 1.165) is 31.2 Å². The van der Waals surface area contributed by atoms with Crippen LogP contribution in [0.1, 0.15) is 48.8 Å². The van der Waals surface area contributed by atoms with Crippen LogP contribution in [0.25, 0.3) is 0 Å². The molecule has 0 amide bonds. The summed E-state index contributed by atoms with van der Waals surface area (Å²) in [6.07, 6.45) is 4.44. The lowest BCUT2D eigenvalue weighted by molar-refractivity contribution is -0.137. The number of hydrogen-bond acceptors (Lipinski definition) is 3. The third-order valence-corrected chi connectivity index (χ3v) is 5.94. The Kier molecular flexibility index (Phi) is 7.57. The zero-order chi connectivity index (χ0) is 20.7. The van der Waals surface area contributed by atoms with Gasteiger partial charge >= 0.3 is 5.97 Å². The highest BCUT2D eigenvalue weighted by atomic mass is 32.2. The molecule has 2 rings (SSSR count). The van der Waals surface area contributed by atoms with Gasteiger partial charge in [0.1, 0.15) is 5.82 Å². The van der Waals surface area contributed by atoms with Gasteiger partial charge < -0.3 is 5.11 Å². The quantitative estimate of drug-likeness (QED) is 0.553. The first kappa shape index (κ1) is 21.9. The summed E-state index contributed by atoms with van der Waals surface area (Å²) in [6, 6.07) is 9.30. The van der Waals surface area contributed by atoms with E-state index in [4.69, 9.17) is 5.11 Å². The Balaban J connectivity index is 1.95. The van der Waals surface area contributed by atoms with Crippen molar-refractivity contribution in [3.05, 3.63) is 58.9 Å². The van der Waals surface area contributed by atoms with Crippen LogP contribution in [0.15, 0.2) is 41.3 Å². The third-order valence-electron chi connectivity index (χ3n) is 4.57. The number of rotatable bonds is 10. The first-order chi connectivity index (χ1) is 13.2. The highest BCUT2D eigenvalue weighted by molar-refractivity contribution is 7.92. The molecule has 0 spiro atoms. The lowest BCUT2D eigenvalue weighted by atomic mass is 10.1. The Hall–Kier alpha value is -2.41. The molecular formula is C21H26FNO4S. The van der Waals surface area contributed by atoms with Crippen molar-refractivity contribution in [2.45, 2.75) is 57.3 Å². The topological polar surface area (TPSA) is 83.5 Å². The molecule has 5 nitrogen and oxygen atoms in total. The monoisotopic (exact) mass is 407 g/mol. The van der Waals surface area contributed by atoms with E-state index >= 15 is 0 Å². The normalized spacial score (nSPS) is 11.4. The van der Waals surface area contributed by atoms with Crippen molar-refractivity contribution in [1.29, 1.82) is 0 Å². The Morgan fingerprint density at radius 3 is 2.14 bits per heavy atom. The summed E-state index contributed by atoms with van der Waals surface area (Å²) in [6.45, 7) is 3.32. The van der Waals surface area contributed by atoms with E-state index in [-0.39, 0.29) is 11.3 Å². The van der Waals surface area contributed by atoms with Crippen molar-refractivity contribution >= 4 is 21.7 Å². The van der Waals surface area contributed by atoms with E-state index < -0.39 is 21.8 Å². The molecule has 0 bridgehead atoms. The SMILES string of the molecule is Cc1cc(F)cc(C)c1NS(=O)(=O)c1ccc(CCCCCCC(=O)O)cc1. The van der Waals surface area contributed by atoms with E-state index in [1.165, 1.54) is 12.1 Å². The highest BCUT2D eigenvalue weighted by Crippen LogP contribution is 2.25. The molecule has 0 heterocycles. The maximum Gasteiger partial charge on any atom is 0.303 e. The van der Waals surface area contributed by atoms with Crippen molar-refractivity contribution in [2.75, 3.05) is 4.72 Å². The van der Waals surface area contributed by atoms with Gasteiger partial charge in [-0.25, -0.2) is 12.8 Å². The van der Waals surface area contributed by atoms with Gasteiger partial charge in [0.2, 0.25) is 0 Å². The van der Waals surface area contributed by atoms with Crippen LogP contribution in [-0.4, -0.2) is 19.5 Å². The fourth-order valence-electron chi connectivity index (χ4n) is 3.06. The second-order valence-corrected chi connectivity index (χ2v) is 8.65. The Morgan fingerprint density at radius 2 is 1.57 bits per heavy atom. The Morgan fingerprint density at radius 1 is 1.00 bits per heavy atom. The predicted molar refractivity (Wildman–Crippen MR) is 108 cm³/mol. The summed E-state index contributed by atoms with van der Waals surface area (Å²) in [5, 5.41) is 8.60. The number of unbranched alkanes of at least 4 members (excludes halogenated alkanes) is 3. The van der Waals surface area contributed by atoms with E-state index in [9.17, 15) is 17.6 Å². The molecule has 2 aromatic rings. The number of aliphatic carboxylic acids is 1. The number of hydrogen-bond donors (Lipinski definition) is 2. The van der Waals surface area contributed by atoms with Gasteiger partial charge in [0.05, 0.1) is 10.6 Å². The number of nitrogens with one attached hydrogen (secondary N) is 1. The van der Waals surface area contributed by atoms with Crippen LogP contribution in [-0.2, 0) is 21.2 Å². The molecule has 0 aromatic heterocycles. The van der Waals surface area contributed by atoms with Crippen LogP contribution >= 0.6 is 0 Å². The van der Waals surface area contributed by atoms with Gasteiger partial charge in [0, 0.05) is 6.42 Å². The molecule has 0 atom stereocenters. The van der Waals surface area contributed by atoms with Crippen molar-refractivity contribution in [2.24, 2.45) is 0 Å². The van der Waals surface area contributed by atoms with Gasteiger partial charge in [-0.05, 0) is 74.1 Å². The molecule has 0 aliphatic carbocycles. The Bertz CT molecular complexity index is 901. The summed E-state index contributed by atoms with van der Waals surface area (Å²) in [5.41, 5.74) is 2.49. The summed E-state index contributed by atoms with van der Waals surface area (Å²) >= 11 is 0. The van der Waals surface area contributed by atoms with Gasteiger partial charge in [-0.2, -0.15) is 0 Å². The van der Waals surface area contributed by atoms with Crippen LogP contribution < -0.4 is 4.72 Å². The van der Waals surface area contributed by atoms with E-state index in [2.05, 4.69) is 4.72 Å². The molecule has 0 radical (unpaired) electrons. The summed E-state index contributed by atoms with van der Waals surface area (Å²) in [5.74, 6) is -1.17. The molecule has 0 aliphatic rings. The third kappa shape index (κ3) is 6.34. The van der Waals surface area contributed by atoms with Crippen LogP contribution in [0.4, 0.5) is 10.1 Å². The van der Waals surface area contributed by atoms with Crippen molar-refractivity contribution in [1.82, 2.24) is 0 Å². The minimum atomic E-state index is -3.76. The Labute approximate surface area is 165 Å². The molecule has 0 saturated carbocycles. The number of sulfonamides is 1. The summed E-state index contributed by atoms with van der Waals surface area (Å²) in [4.78, 5) is 10.6. The second kappa shape index (κ2) is 9.68. The van der Waals surface area contributed by atoms with Gasteiger partial charge in [-0.3, -0.25) is 9.52 Å². The fraction of sp³-hybridized carbons (Fsp3) is 0.381. The van der Waals surface area contributed by atoms with Gasteiger partial charge in [0.25, 0.3) is 10.0 Å². The lowest BCUT2D eigenvalue weighted by Crippen LogP contribution is -2.15. The van der Waals surface area contributed by atoms with E-state index in [1.54, 1.807) is 38.1 Å². The molecule has 28 heavy (non-hydrogen) atoms. The van der Waals surface area contributed by atoms with E-state index in [0.29, 0.717) is 23.2 Å². The van der Waals surface area contributed by atoms with Crippen LogP contribution in [0.2, 0.25) is 0 Å². The molecule has 7 heteroatoms. The average Bonchev–Trinajstić information content (AvgIpc) is 2.61. The maximum atomic E-state index is 13.4. The lowest BCUT2D eigenvalue weighted by Gasteiger charge is -2.14. The minimum Gasteiger partial charge on any atom is -0.481 e. The van der Waals surface area contributed by atoms with E-state index in [1.807, 2.05) is 0 Å². The zero-order valence-corrected chi connectivity index (χ0v) is 17.0. The fourth-order valence-corrected chi connectivity index (χ4v) is 4.26. The molecule has 0 unspecified atom stereocenters. The number of carbonyl (C=O) groups is 1. The first-order valence-corrected chi connectivity index (χ1v) is 10.8. The van der Waals surface area contributed by atoms with Crippen molar-refractivity contribution in [3.63, 3.8) is 0 Å². The number of carboxylic acids is 1. The van der Waals surface area contributed by atoms with Gasteiger partial charge in [-0.15, -0.1) is 0 Å². The standard InChI is InChI=1S/C21H26FNO4S/c1-15-13-18(22)14-16(2)21(15)23-28(26,27)19-11-9-17(10-12-19)7-5-3-4-6-8-20(24)25/h9-14,23H,3-8H2,1-2H3,(H,24,25). The maximum absolute atomic E-state index is 13.4. The molecule has 152 valence electrons. The molecule has 0 fully saturated rings.